The van der Waals surface area contributed by atoms with Crippen molar-refractivity contribution < 1.29 is 4.79 Å². The molecule has 0 aromatic carbocycles. The Bertz CT molecular complexity index is 198. The SMILES string of the molecule is CC(CCN)C(=O)NC1CCCCCCC1. The van der Waals surface area contributed by atoms with Gasteiger partial charge in [-0.3, -0.25) is 4.79 Å². The number of carbonyl (C=O) groups is 1. The summed E-state index contributed by atoms with van der Waals surface area (Å²) in [4.78, 5) is 11.8. The molecule has 0 saturated heterocycles. The topological polar surface area (TPSA) is 55.1 Å². The molecule has 1 unspecified atom stereocenters. The maximum absolute atomic E-state index is 11.8. The van der Waals surface area contributed by atoms with E-state index in [0.717, 1.165) is 19.3 Å². The molecule has 1 saturated carbocycles. The molecule has 0 aromatic rings. The molecule has 0 aromatic heterocycles. The maximum atomic E-state index is 11.8. The first kappa shape index (κ1) is 13.5. The quantitative estimate of drug-likeness (QED) is 0.772. The molecular formula is C13H26N2O. The fraction of sp³-hybridized carbons (Fsp3) is 0.923. The highest BCUT2D eigenvalue weighted by Crippen LogP contribution is 2.17. The Kier molecular flexibility index (Phi) is 6.46. The summed E-state index contributed by atoms with van der Waals surface area (Å²) >= 11 is 0. The zero-order valence-electron chi connectivity index (χ0n) is 10.5. The largest absolute Gasteiger partial charge is 0.353 e. The number of hydrogen-bond donors (Lipinski definition) is 2. The van der Waals surface area contributed by atoms with Crippen LogP contribution in [0.3, 0.4) is 0 Å². The Morgan fingerprint density at radius 2 is 1.81 bits per heavy atom. The van der Waals surface area contributed by atoms with Crippen molar-refractivity contribution in [3.8, 4) is 0 Å². The highest BCUT2D eigenvalue weighted by molar-refractivity contribution is 5.78. The van der Waals surface area contributed by atoms with E-state index in [0.29, 0.717) is 12.6 Å². The Labute approximate surface area is 99.2 Å². The Morgan fingerprint density at radius 3 is 2.38 bits per heavy atom. The molecule has 94 valence electrons. The zero-order valence-corrected chi connectivity index (χ0v) is 10.5. The van der Waals surface area contributed by atoms with Crippen LogP contribution >= 0.6 is 0 Å². The van der Waals surface area contributed by atoms with Gasteiger partial charge in [0.2, 0.25) is 5.91 Å². The van der Waals surface area contributed by atoms with Crippen LogP contribution in [0.4, 0.5) is 0 Å². The molecule has 1 aliphatic carbocycles. The fourth-order valence-electron chi connectivity index (χ4n) is 2.33. The van der Waals surface area contributed by atoms with E-state index in [-0.39, 0.29) is 11.8 Å². The lowest BCUT2D eigenvalue weighted by Gasteiger charge is -2.22. The van der Waals surface area contributed by atoms with Gasteiger partial charge in [-0.15, -0.1) is 0 Å². The molecule has 3 nitrogen and oxygen atoms in total. The molecular weight excluding hydrogens is 200 g/mol. The number of carbonyl (C=O) groups excluding carboxylic acids is 1. The van der Waals surface area contributed by atoms with Gasteiger partial charge in [-0.2, -0.15) is 0 Å². The van der Waals surface area contributed by atoms with Crippen LogP contribution in [0.5, 0.6) is 0 Å². The maximum Gasteiger partial charge on any atom is 0.223 e. The fourth-order valence-corrected chi connectivity index (χ4v) is 2.33. The predicted molar refractivity (Wildman–Crippen MR) is 67.1 cm³/mol. The van der Waals surface area contributed by atoms with Crippen LogP contribution in [0.2, 0.25) is 0 Å². The predicted octanol–water partition coefficient (Wildman–Crippen LogP) is 2.20. The lowest BCUT2D eigenvalue weighted by atomic mass is 9.96. The van der Waals surface area contributed by atoms with Crippen molar-refractivity contribution in [3.63, 3.8) is 0 Å². The van der Waals surface area contributed by atoms with Gasteiger partial charge in [-0.1, -0.05) is 39.0 Å². The molecule has 0 bridgehead atoms. The van der Waals surface area contributed by atoms with E-state index in [1.54, 1.807) is 0 Å². The third kappa shape index (κ3) is 4.97. The minimum atomic E-state index is 0.0652. The van der Waals surface area contributed by atoms with E-state index in [1.165, 1.54) is 32.1 Å². The summed E-state index contributed by atoms with van der Waals surface area (Å²) in [5.41, 5.74) is 5.47. The van der Waals surface area contributed by atoms with Crippen LogP contribution in [-0.2, 0) is 4.79 Å². The minimum absolute atomic E-state index is 0.0652. The summed E-state index contributed by atoms with van der Waals surface area (Å²) in [6, 6.07) is 0.410. The Hall–Kier alpha value is -0.570. The summed E-state index contributed by atoms with van der Waals surface area (Å²) in [5.74, 6) is 0.256. The molecule has 1 aliphatic rings. The van der Waals surface area contributed by atoms with Crippen LogP contribution in [0.15, 0.2) is 0 Å². The van der Waals surface area contributed by atoms with Crippen LogP contribution in [0.25, 0.3) is 0 Å². The second-order valence-electron chi connectivity index (χ2n) is 5.03. The second-order valence-corrected chi connectivity index (χ2v) is 5.03. The summed E-state index contributed by atoms with van der Waals surface area (Å²) in [6.45, 7) is 2.56. The van der Waals surface area contributed by atoms with Gasteiger partial charge >= 0.3 is 0 Å². The summed E-state index contributed by atoms with van der Waals surface area (Å²) in [5, 5.41) is 3.18. The molecule has 3 N–H and O–H groups in total. The molecule has 1 atom stereocenters. The van der Waals surface area contributed by atoms with Crippen LogP contribution in [0, 0.1) is 5.92 Å². The smallest absolute Gasteiger partial charge is 0.223 e. The first-order chi connectivity index (χ1) is 7.74. The molecule has 0 aliphatic heterocycles. The van der Waals surface area contributed by atoms with Gasteiger partial charge < -0.3 is 11.1 Å². The molecule has 1 fully saturated rings. The van der Waals surface area contributed by atoms with E-state index < -0.39 is 0 Å². The van der Waals surface area contributed by atoms with Crippen molar-refractivity contribution >= 4 is 5.91 Å². The highest BCUT2D eigenvalue weighted by atomic mass is 16.1. The van der Waals surface area contributed by atoms with Gasteiger partial charge in [0.15, 0.2) is 0 Å². The molecule has 0 spiro atoms. The molecule has 0 radical (unpaired) electrons. The number of nitrogens with one attached hydrogen (secondary N) is 1. The molecule has 1 rings (SSSR count). The van der Waals surface area contributed by atoms with E-state index in [1.807, 2.05) is 6.92 Å². The van der Waals surface area contributed by atoms with Crippen LogP contribution in [-0.4, -0.2) is 18.5 Å². The second kappa shape index (κ2) is 7.66. The lowest BCUT2D eigenvalue weighted by molar-refractivity contribution is -0.125. The van der Waals surface area contributed by atoms with E-state index in [2.05, 4.69) is 5.32 Å². The van der Waals surface area contributed by atoms with E-state index in [4.69, 9.17) is 5.73 Å². The Morgan fingerprint density at radius 1 is 1.25 bits per heavy atom. The standard InChI is InChI=1S/C13H26N2O/c1-11(9-10-14)13(16)15-12-7-5-3-2-4-6-8-12/h11-12H,2-10,14H2,1H3,(H,15,16). The highest BCUT2D eigenvalue weighted by Gasteiger charge is 2.17. The number of amides is 1. The normalized spacial score (nSPS) is 20.9. The first-order valence-corrected chi connectivity index (χ1v) is 6.74. The van der Waals surface area contributed by atoms with E-state index >= 15 is 0 Å². The number of rotatable bonds is 4. The van der Waals surface area contributed by atoms with Gasteiger partial charge in [-0.05, 0) is 25.8 Å². The molecule has 3 heteroatoms. The average molecular weight is 226 g/mol. The van der Waals surface area contributed by atoms with Crippen molar-refractivity contribution in [2.75, 3.05) is 6.54 Å². The number of nitrogens with two attached hydrogens (primary N) is 1. The van der Waals surface area contributed by atoms with E-state index in [9.17, 15) is 4.79 Å². The van der Waals surface area contributed by atoms with Crippen molar-refractivity contribution in [2.24, 2.45) is 11.7 Å². The molecule has 0 heterocycles. The summed E-state index contributed by atoms with van der Waals surface area (Å²) in [6.07, 6.45) is 9.63. The average Bonchev–Trinajstić information content (AvgIpc) is 2.22. The van der Waals surface area contributed by atoms with Gasteiger partial charge in [0.05, 0.1) is 0 Å². The summed E-state index contributed by atoms with van der Waals surface area (Å²) in [7, 11) is 0. The number of hydrogen-bond acceptors (Lipinski definition) is 2. The van der Waals surface area contributed by atoms with Crippen molar-refractivity contribution in [1.82, 2.24) is 5.32 Å². The molecule has 16 heavy (non-hydrogen) atoms. The van der Waals surface area contributed by atoms with Crippen LogP contribution in [0.1, 0.15) is 58.3 Å². The molecule has 1 amide bonds. The van der Waals surface area contributed by atoms with Crippen molar-refractivity contribution in [2.45, 2.75) is 64.3 Å². The third-order valence-corrected chi connectivity index (χ3v) is 3.50. The van der Waals surface area contributed by atoms with Gasteiger partial charge in [0.1, 0.15) is 0 Å². The summed E-state index contributed by atoms with van der Waals surface area (Å²) < 4.78 is 0. The first-order valence-electron chi connectivity index (χ1n) is 6.74. The zero-order chi connectivity index (χ0) is 11.8. The minimum Gasteiger partial charge on any atom is -0.353 e. The van der Waals surface area contributed by atoms with Crippen molar-refractivity contribution in [3.05, 3.63) is 0 Å². The van der Waals surface area contributed by atoms with Gasteiger partial charge in [-0.25, -0.2) is 0 Å². The third-order valence-electron chi connectivity index (χ3n) is 3.50. The van der Waals surface area contributed by atoms with Gasteiger partial charge in [0.25, 0.3) is 0 Å². The Balaban J connectivity index is 2.29. The monoisotopic (exact) mass is 226 g/mol. The van der Waals surface area contributed by atoms with Gasteiger partial charge in [0, 0.05) is 12.0 Å². The van der Waals surface area contributed by atoms with Crippen LogP contribution < -0.4 is 11.1 Å². The van der Waals surface area contributed by atoms with Crippen molar-refractivity contribution in [1.29, 1.82) is 0 Å². The lowest BCUT2D eigenvalue weighted by Crippen LogP contribution is -2.39.